The van der Waals surface area contributed by atoms with E-state index in [-0.39, 0.29) is 0 Å². The highest BCUT2D eigenvalue weighted by Gasteiger charge is 2.25. The molecule has 0 saturated heterocycles. The van der Waals surface area contributed by atoms with Crippen molar-refractivity contribution in [3.05, 3.63) is 0 Å². The van der Waals surface area contributed by atoms with Crippen molar-refractivity contribution in [3.8, 4) is 0 Å². The first kappa shape index (κ1) is 12.0. The van der Waals surface area contributed by atoms with E-state index in [1.165, 1.54) is 25.7 Å². The van der Waals surface area contributed by atoms with Crippen LogP contribution in [-0.2, 0) is 9.47 Å². The van der Waals surface area contributed by atoms with Gasteiger partial charge in [-0.05, 0) is 25.7 Å². The van der Waals surface area contributed by atoms with Gasteiger partial charge in [0.2, 0.25) is 0 Å². The van der Waals surface area contributed by atoms with Crippen LogP contribution in [-0.4, -0.2) is 25.4 Å². The Balaban J connectivity index is 2.26. The maximum atomic E-state index is 5.82. The van der Waals surface area contributed by atoms with Crippen LogP contribution in [0, 0.1) is 0 Å². The van der Waals surface area contributed by atoms with Gasteiger partial charge >= 0.3 is 0 Å². The van der Waals surface area contributed by atoms with Gasteiger partial charge in [0.1, 0.15) is 0 Å². The Morgan fingerprint density at radius 2 is 1.29 bits per heavy atom. The average molecular weight is 200 g/mol. The van der Waals surface area contributed by atoms with Gasteiger partial charge in [-0.3, -0.25) is 0 Å². The van der Waals surface area contributed by atoms with Crippen LogP contribution in [0.15, 0.2) is 0 Å². The highest BCUT2D eigenvalue weighted by atomic mass is 16.5. The van der Waals surface area contributed by atoms with Crippen molar-refractivity contribution in [2.75, 3.05) is 13.2 Å². The largest absolute Gasteiger partial charge is 0.376 e. The van der Waals surface area contributed by atoms with Gasteiger partial charge in [0, 0.05) is 13.2 Å². The molecule has 0 heterocycles. The highest BCUT2D eigenvalue weighted by molar-refractivity contribution is 4.76. The zero-order chi connectivity index (χ0) is 10.2. The summed E-state index contributed by atoms with van der Waals surface area (Å²) < 4.78 is 11.6. The molecule has 14 heavy (non-hydrogen) atoms. The summed E-state index contributed by atoms with van der Waals surface area (Å²) in [6, 6.07) is 0. The van der Waals surface area contributed by atoms with Crippen LogP contribution in [0.25, 0.3) is 0 Å². The molecule has 0 bridgehead atoms. The first-order valence-corrected chi connectivity index (χ1v) is 6.11. The zero-order valence-corrected chi connectivity index (χ0v) is 9.63. The van der Waals surface area contributed by atoms with E-state index in [2.05, 4.69) is 13.8 Å². The van der Waals surface area contributed by atoms with Gasteiger partial charge in [-0.15, -0.1) is 0 Å². The maximum Gasteiger partial charge on any atom is 0.0836 e. The monoisotopic (exact) mass is 200 g/mol. The molecule has 1 rings (SSSR count). The third-order valence-electron chi connectivity index (χ3n) is 2.71. The van der Waals surface area contributed by atoms with Crippen molar-refractivity contribution >= 4 is 0 Å². The molecule has 1 aliphatic rings. The molecule has 1 aliphatic carbocycles. The van der Waals surface area contributed by atoms with E-state index in [9.17, 15) is 0 Å². The van der Waals surface area contributed by atoms with Gasteiger partial charge in [-0.1, -0.05) is 26.7 Å². The Morgan fingerprint density at radius 1 is 0.857 bits per heavy atom. The van der Waals surface area contributed by atoms with E-state index in [1.54, 1.807) is 0 Å². The molecule has 2 atom stereocenters. The molecule has 2 nitrogen and oxygen atoms in total. The minimum Gasteiger partial charge on any atom is -0.376 e. The Bertz CT molecular complexity index is 120. The van der Waals surface area contributed by atoms with Crippen molar-refractivity contribution in [1.82, 2.24) is 0 Å². The Labute approximate surface area is 88.0 Å². The number of rotatable bonds is 6. The van der Waals surface area contributed by atoms with Crippen molar-refractivity contribution < 1.29 is 9.47 Å². The minimum absolute atomic E-state index is 0.371. The SMILES string of the molecule is CCCO[C@@H]1CCCC[C@H]1OCCC. The van der Waals surface area contributed by atoms with Crippen LogP contribution in [0.2, 0.25) is 0 Å². The third kappa shape index (κ3) is 3.97. The van der Waals surface area contributed by atoms with Gasteiger partial charge in [0.25, 0.3) is 0 Å². The molecule has 0 aromatic heterocycles. The van der Waals surface area contributed by atoms with Crippen molar-refractivity contribution in [3.63, 3.8) is 0 Å². The molecular formula is C12H24O2. The van der Waals surface area contributed by atoms with E-state index < -0.39 is 0 Å². The molecule has 0 unspecified atom stereocenters. The summed E-state index contributed by atoms with van der Waals surface area (Å²) in [4.78, 5) is 0. The Hall–Kier alpha value is -0.0800. The fourth-order valence-electron chi connectivity index (χ4n) is 1.98. The Kier molecular flexibility index (Phi) is 6.20. The molecule has 0 N–H and O–H groups in total. The lowest BCUT2D eigenvalue weighted by Crippen LogP contribution is -2.35. The predicted octanol–water partition coefficient (Wildman–Crippen LogP) is 3.15. The van der Waals surface area contributed by atoms with Crippen LogP contribution in [0.5, 0.6) is 0 Å². The zero-order valence-electron chi connectivity index (χ0n) is 9.63. The second-order valence-electron chi connectivity index (χ2n) is 4.10. The highest BCUT2D eigenvalue weighted by Crippen LogP contribution is 2.24. The average Bonchev–Trinajstić information content (AvgIpc) is 2.24. The van der Waals surface area contributed by atoms with Gasteiger partial charge < -0.3 is 9.47 Å². The van der Waals surface area contributed by atoms with E-state index in [1.807, 2.05) is 0 Å². The van der Waals surface area contributed by atoms with Crippen LogP contribution >= 0.6 is 0 Å². The summed E-state index contributed by atoms with van der Waals surface area (Å²) in [6.07, 6.45) is 7.95. The lowest BCUT2D eigenvalue weighted by molar-refractivity contribution is -0.0918. The topological polar surface area (TPSA) is 18.5 Å². The van der Waals surface area contributed by atoms with Gasteiger partial charge in [-0.2, -0.15) is 0 Å². The first-order valence-electron chi connectivity index (χ1n) is 6.11. The lowest BCUT2D eigenvalue weighted by Gasteiger charge is -2.31. The van der Waals surface area contributed by atoms with Gasteiger partial charge in [0.15, 0.2) is 0 Å². The van der Waals surface area contributed by atoms with Crippen molar-refractivity contribution in [2.45, 2.75) is 64.6 Å². The van der Waals surface area contributed by atoms with Crippen molar-refractivity contribution in [2.24, 2.45) is 0 Å². The van der Waals surface area contributed by atoms with E-state index >= 15 is 0 Å². The normalized spacial score (nSPS) is 27.9. The van der Waals surface area contributed by atoms with Gasteiger partial charge in [0.05, 0.1) is 12.2 Å². The predicted molar refractivity (Wildman–Crippen MR) is 58.5 cm³/mol. The van der Waals surface area contributed by atoms with Crippen LogP contribution in [0.3, 0.4) is 0 Å². The number of ether oxygens (including phenoxy) is 2. The summed E-state index contributed by atoms with van der Waals surface area (Å²) in [5.41, 5.74) is 0. The molecule has 2 heteroatoms. The second kappa shape index (κ2) is 7.24. The maximum absolute atomic E-state index is 5.82. The van der Waals surface area contributed by atoms with Gasteiger partial charge in [-0.25, -0.2) is 0 Å². The fourth-order valence-corrected chi connectivity index (χ4v) is 1.98. The van der Waals surface area contributed by atoms with E-state index in [0.29, 0.717) is 12.2 Å². The number of hydrogen-bond donors (Lipinski definition) is 0. The summed E-state index contributed by atoms with van der Waals surface area (Å²) >= 11 is 0. The standard InChI is InChI=1S/C12H24O2/c1-3-9-13-11-7-5-6-8-12(11)14-10-4-2/h11-12H,3-10H2,1-2H3/t11-,12-/m1/s1. The third-order valence-corrected chi connectivity index (χ3v) is 2.71. The molecule has 1 fully saturated rings. The smallest absolute Gasteiger partial charge is 0.0836 e. The number of hydrogen-bond acceptors (Lipinski definition) is 2. The fraction of sp³-hybridized carbons (Fsp3) is 1.00. The van der Waals surface area contributed by atoms with Crippen LogP contribution in [0.1, 0.15) is 52.4 Å². The van der Waals surface area contributed by atoms with Crippen LogP contribution < -0.4 is 0 Å². The molecule has 0 aromatic carbocycles. The summed E-state index contributed by atoms with van der Waals surface area (Å²) in [5, 5.41) is 0. The molecule has 0 amide bonds. The van der Waals surface area contributed by atoms with E-state index in [4.69, 9.17) is 9.47 Å². The van der Waals surface area contributed by atoms with Crippen LogP contribution in [0.4, 0.5) is 0 Å². The Morgan fingerprint density at radius 3 is 1.64 bits per heavy atom. The van der Waals surface area contributed by atoms with Crippen molar-refractivity contribution in [1.29, 1.82) is 0 Å². The summed E-state index contributed by atoms with van der Waals surface area (Å²) in [6.45, 7) is 6.09. The van der Waals surface area contributed by atoms with E-state index in [0.717, 1.165) is 26.1 Å². The molecule has 0 aliphatic heterocycles. The molecule has 84 valence electrons. The molecule has 0 spiro atoms. The summed E-state index contributed by atoms with van der Waals surface area (Å²) in [5.74, 6) is 0. The second-order valence-corrected chi connectivity index (χ2v) is 4.10. The molecular weight excluding hydrogens is 176 g/mol. The quantitative estimate of drug-likeness (QED) is 0.655. The summed E-state index contributed by atoms with van der Waals surface area (Å²) in [7, 11) is 0. The minimum atomic E-state index is 0.371. The lowest BCUT2D eigenvalue weighted by atomic mass is 9.94. The molecule has 1 saturated carbocycles. The molecule has 0 radical (unpaired) electrons. The molecule has 0 aromatic rings. The first-order chi connectivity index (χ1) is 6.88.